The summed E-state index contributed by atoms with van der Waals surface area (Å²) in [4.78, 5) is 12.4. The summed E-state index contributed by atoms with van der Waals surface area (Å²) in [6.07, 6.45) is 26.5. The lowest BCUT2D eigenvalue weighted by Crippen LogP contribution is -2.31. The van der Waals surface area contributed by atoms with Gasteiger partial charge in [0.2, 0.25) is 5.91 Å². The molecule has 0 aliphatic rings. The minimum Gasteiger partial charge on any atom is -0.356 e. The van der Waals surface area contributed by atoms with Gasteiger partial charge in [-0.2, -0.15) is 0 Å². The quantitative estimate of drug-likeness (QED) is 0.183. The average molecular weight is 396 g/mol. The van der Waals surface area contributed by atoms with Crippen molar-refractivity contribution in [2.24, 2.45) is 5.92 Å². The van der Waals surface area contributed by atoms with E-state index in [1.807, 2.05) is 0 Å². The van der Waals surface area contributed by atoms with E-state index in [1.54, 1.807) is 0 Å². The summed E-state index contributed by atoms with van der Waals surface area (Å²) in [7, 11) is 0. The molecule has 0 bridgehead atoms. The molecule has 0 aliphatic carbocycles. The highest BCUT2D eigenvalue weighted by molar-refractivity contribution is 5.78. The molecule has 1 atom stereocenters. The fraction of sp³-hybridized carbons (Fsp3) is 0.962. The third-order valence-electron chi connectivity index (χ3n) is 5.98. The van der Waals surface area contributed by atoms with Crippen molar-refractivity contribution in [2.45, 2.75) is 149 Å². The van der Waals surface area contributed by atoms with Crippen LogP contribution in [0.4, 0.5) is 0 Å². The van der Waals surface area contributed by atoms with Gasteiger partial charge in [-0.1, -0.05) is 130 Å². The van der Waals surface area contributed by atoms with Crippen LogP contribution in [0.3, 0.4) is 0 Å². The lowest BCUT2D eigenvalue weighted by molar-refractivity contribution is -0.125. The maximum absolute atomic E-state index is 12.4. The summed E-state index contributed by atoms with van der Waals surface area (Å²) >= 11 is 0. The van der Waals surface area contributed by atoms with Crippen LogP contribution in [0.5, 0.6) is 0 Å². The minimum absolute atomic E-state index is 0.260. The average Bonchev–Trinajstić information content (AvgIpc) is 2.71. The minimum atomic E-state index is 0.260. The number of carbonyl (C=O) groups excluding carboxylic acids is 1. The van der Waals surface area contributed by atoms with Crippen molar-refractivity contribution in [1.29, 1.82) is 0 Å². The molecule has 168 valence electrons. The first-order valence-electron chi connectivity index (χ1n) is 13.0. The van der Waals surface area contributed by atoms with E-state index in [-0.39, 0.29) is 5.92 Å². The molecule has 28 heavy (non-hydrogen) atoms. The Labute approximate surface area is 178 Å². The van der Waals surface area contributed by atoms with Gasteiger partial charge in [-0.05, 0) is 19.3 Å². The maximum Gasteiger partial charge on any atom is 0.223 e. The Kier molecular flexibility index (Phi) is 22.3. The third kappa shape index (κ3) is 18.8. The fourth-order valence-electron chi connectivity index (χ4n) is 4.03. The first-order valence-corrected chi connectivity index (χ1v) is 13.0. The molecule has 0 saturated carbocycles. The number of amides is 1. The molecule has 1 amide bonds. The normalized spacial score (nSPS) is 12.2. The van der Waals surface area contributed by atoms with Gasteiger partial charge in [0.15, 0.2) is 0 Å². The molecule has 0 aromatic rings. The number of hydrogen-bond acceptors (Lipinski definition) is 1. The van der Waals surface area contributed by atoms with Gasteiger partial charge < -0.3 is 5.32 Å². The predicted octanol–water partition coefficient (Wildman–Crippen LogP) is 8.58. The smallest absolute Gasteiger partial charge is 0.223 e. The van der Waals surface area contributed by atoms with Crippen LogP contribution in [0.1, 0.15) is 149 Å². The van der Waals surface area contributed by atoms with Gasteiger partial charge in [0.25, 0.3) is 0 Å². The molecule has 1 unspecified atom stereocenters. The van der Waals surface area contributed by atoms with Crippen LogP contribution in [0.2, 0.25) is 0 Å². The molecular weight excluding hydrogens is 342 g/mol. The van der Waals surface area contributed by atoms with Gasteiger partial charge in [0.1, 0.15) is 0 Å². The van der Waals surface area contributed by atoms with Crippen LogP contribution in [0.25, 0.3) is 0 Å². The van der Waals surface area contributed by atoms with Crippen molar-refractivity contribution in [1.82, 2.24) is 5.32 Å². The second-order valence-electron chi connectivity index (χ2n) is 8.87. The summed E-state index contributed by atoms with van der Waals surface area (Å²) in [5, 5.41) is 3.12. The fourth-order valence-corrected chi connectivity index (χ4v) is 4.03. The molecule has 0 aromatic carbocycles. The van der Waals surface area contributed by atoms with Crippen LogP contribution in [-0.4, -0.2) is 12.5 Å². The molecule has 0 aliphatic heterocycles. The first-order chi connectivity index (χ1) is 13.8. The monoisotopic (exact) mass is 395 g/mol. The molecule has 0 heterocycles. The molecule has 1 N–H and O–H groups in total. The van der Waals surface area contributed by atoms with Gasteiger partial charge in [-0.15, -0.1) is 0 Å². The molecule has 0 fully saturated rings. The van der Waals surface area contributed by atoms with E-state index in [2.05, 4.69) is 26.1 Å². The van der Waals surface area contributed by atoms with E-state index < -0.39 is 0 Å². The van der Waals surface area contributed by atoms with Gasteiger partial charge in [-0.25, -0.2) is 0 Å². The van der Waals surface area contributed by atoms with Gasteiger partial charge in [-0.3, -0.25) is 4.79 Å². The summed E-state index contributed by atoms with van der Waals surface area (Å²) in [6.45, 7) is 7.48. The van der Waals surface area contributed by atoms with Crippen molar-refractivity contribution in [2.75, 3.05) is 6.54 Å². The van der Waals surface area contributed by atoms with E-state index in [4.69, 9.17) is 0 Å². The molecule has 2 nitrogen and oxygen atoms in total. The second kappa shape index (κ2) is 22.8. The number of carbonyl (C=O) groups is 1. The molecule has 0 spiro atoms. The topological polar surface area (TPSA) is 29.1 Å². The van der Waals surface area contributed by atoms with Crippen LogP contribution < -0.4 is 5.32 Å². The summed E-state index contributed by atoms with van der Waals surface area (Å²) < 4.78 is 0. The van der Waals surface area contributed by atoms with E-state index in [0.29, 0.717) is 5.91 Å². The zero-order valence-electron chi connectivity index (χ0n) is 19.8. The summed E-state index contributed by atoms with van der Waals surface area (Å²) in [6, 6.07) is 0. The van der Waals surface area contributed by atoms with Crippen molar-refractivity contribution in [3.63, 3.8) is 0 Å². The van der Waals surface area contributed by atoms with Crippen LogP contribution in [0, 0.1) is 5.92 Å². The van der Waals surface area contributed by atoms with Crippen LogP contribution in [-0.2, 0) is 4.79 Å². The van der Waals surface area contributed by atoms with Crippen LogP contribution >= 0.6 is 0 Å². The molecule has 0 radical (unpaired) electrons. The molecule has 2 heteroatoms. The molecule has 0 rings (SSSR count). The lowest BCUT2D eigenvalue weighted by atomic mass is 9.93. The Morgan fingerprint density at radius 1 is 0.536 bits per heavy atom. The van der Waals surface area contributed by atoms with Gasteiger partial charge >= 0.3 is 0 Å². The summed E-state index contributed by atoms with van der Waals surface area (Å²) in [5.41, 5.74) is 0. The summed E-state index contributed by atoms with van der Waals surface area (Å²) in [5.74, 6) is 0.572. The molecular formula is C26H53NO. The largest absolute Gasteiger partial charge is 0.356 e. The Morgan fingerprint density at radius 2 is 0.893 bits per heavy atom. The van der Waals surface area contributed by atoms with Crippen molar-refractivity contribution in [3.05, 3.63) is 0 Å². The van der Waals surface area contributed by atoms with E-state index in [1.165, 1.54) is 109 Å². The highest BCUT2D eigenvalue weighted by Gasteiger charge is 2.16. The zero-order chi connectivity index (χ0) is 20.7. The van der Waals surface area contributed by atoms with Crippen molar-refractivity contribution < 1.29 is 4.79 Å². The standard InChI is InChI=1S/C26H53NO/c1-4-7-9-10-11-12-13-14-15-16-17-18-19-21-23-25(22-20-8-5-2)26(28)27-24-6-3/h25H,4-24H2,1-3H3,(H,27,28). The molecule has 0 saturated heterocycles. The van der Waals surface area contributed by atoms with E-state index in [9.17, 15) is 4.79 Å². The lowest BCUT2D eigenvalue weighted by Gasteiger charge is -2.16. The van der Waals surface area contributed by atoms with Crippen molar-refractivity contribution >= 4 is 5.91 Å². The molecule has 0 aromatic heterocycles. The SMILES string of the molecule is CCCCCCCCCCCCCCCCC(CCCCC)C(=O)NCCC. The predicted molar refractivity (Wildman–Crippen MR) is 126 cm³/mol. The Hall–Kier alpha value is -0.530. The van der Waals surface area contributed by atoms with E-state index >= 15 is 0 Å². The Balaban J connectivity index is 3.56. The zero-order valence-corrected chi connectivity index (χ0v) is 19.8. The van der Waals surface area contributed by atoms with Gasteiger partial charge in [0, 0.05) is 12.5 Å². The third-order valence-corrected chi connectivity index (χ3v) is 5.98. The van der Waals surface area contributed by atoms with E-state index in [0.717, 1.165) is 25.8 Å². The Bertz CT molecular complexity index is 316. The first kappa shape index (κ1) is 27.5. The second-order valence-corrected chi connectivity index (χ2v) is 8.87. The highest BCUT2D eigenvalue weighted by Crippen LogP contribution is 2.19. The van der Waals surface area contributed by atoms with Crippen LogP contribution in [0.15, 0.2) is 0 Å². The van der Waals surface area contributed by atoms with Crippen molar-refractivity contribution in [3.8, 4) is 0 Å². The Morgan fingerprint density at radius 3 is 1.32 bits per heavy atom. The number of unbranched alkanes of at least 4 members (excludes halogenated alkanes) is 15. The number of rotatable bonds is 22. The van der Waals surface area contributed by atoms with Gasteiger partial charge in [0.05, 0.1) is 0 Å². The number of hydrogen-bond donors (Lipinski definition) is 1. The highest BCUT2D eigenvalue weighted by atomic mass is 16.1. The maximum atomic E-state index is 12.4. The number of nitrogens with one attached hydrogen (secondary N) is 1.